The number of hydrogen-bond donors (Lipinski definition) is 2. The first-order chi connectivity index (χ1) is 18.4. The lowest BCUT2D eigenvalue weighted by Gasteiger charge is -2.40. The van der Waals surface area contributed by atoms with Gasteiger partial charge in [-0.05, 0) is 36.4 Å². The summed E-state index contributed by atoms with van der Waals surface area (Å²) >= 11 is 0. The van der Waals surface area contributed by atoms with Crippen molar-refractivity contribution in [2.75, 3.05) is 54.1 Å². The van der Waals surface area contributed by atoms with Crippen molar-refractivity contribution in [1.82, 2.24) is 14.8 Å². The Labute approximate surface area is 220 Å². The van der Waals surface area contributed by atoms with Crippen LogP contribution >= 0.6 is 0 Å². The molecule has 0 spiro atoms. The summed E-state index contributed by atoms with van der Waals surface area (Å²) in [7, 11) is 4.34. The molecule has 1 fully saturated rings. The van der Waals surface area contributed by atoms with Gasteiger partial charge in [-0.2, -0.15) is 0 Å². The van der Waals surface area contributed by atoms with Crippen LogP contribution in [-0.2, 0) is 4.79 Å². The van der Waals surface area contributed by atoms with Gasteiger partial charge in [0.05, 0.1) is 26.8 Å². The number of carbonyl (C=O) groups excluding carboxylic acids is 1. The first-order valence-corrected chi connectivity index (χ1v) is 12.1. The summed E-state index contributed by atoms with van der Waals surface area (Å²) in [6.07, 6.45) is 0.833. The van der Waals surface area contributed by atoms with Crippen LogP contribution in [0.15, 0.2) is 48.7 Å². The van der Waals surface area contributed by atoms with E-state index in [1.165, 1.54) is 38.4 Å². The third kappa shape index (κ3) is 5.74. The summed E-state index contributed by atoms with van der Waals surface area (Å²) in [5.74, 6) is -0.0631. The van der Waals surface area contributed by atoms with Gasteiger partial charge in [0, 0.05) is 43.3 Å². The van der Waals surface area contributed by atoms with E-state index in [-0.39, 0.29) is 31.8 Å². The summed E-state index contributed by atoms with van der Waals surface area (Å²) in [5, 5.41) is 21.4. The van der Waals surface area contributed by atoms with Gasteiger partial charge in [-0.3, -0.25) is 14.7 Å². The van der Waals surface area contributed by atoms with Crippen molar-refractivity contribution >= 4 is 22.8 Å². The molecule has 0 aliphatic carbocycles. The zero-order valence-electron chi connectivity index (χ0n) is 21.5. The van der Waals surface area contributed by atoms with E-state index in [1.807, 2.05) is 35.2 Å². The maximum Gasteiger partial charge on any atom is 0.327 e. The van der Waals surface area contributed by atoms with E-state index in [0.29, 0.717) is 29.5 Å². The first-order valence-electron chi connectivity index (χ1n) is 12.1. The Morgan fingerprint density at radius 2 is 1.76 bits per heavy atom. The Morgan fingerprint density at radius 3 is 2.42 bits per heavy atom. The van der Waals surface area contributed by atoms with Gasteiger partial charge in [0.15, 0.2) is 11.5 Å². The molecule has 0 bridgehead atoms. The quantitative estimate of drug-likeness (QED) is 0.405. The molecule has 1 saturated heterocycles. The third-order valence-corrected chi connectivity index (χ3v) is 6.43. The van der Waals surface area contributed by atoms with Gasteiger partial charge in [0.1, 0.15) is 24.5 Å². The molecular formula is C27H31N3O8. The number of nitrogens with zero attached hydrogens (tertiary/aromatic N) is 3. The van der Waals surface area contributed by atoms with Crippen molar-refractivity contribution in [3.8, 4) is 23.0 Å². The number of aromatic nitrogens is 1. The van der Waals surface area contributed by atoms with Crippen LogP contribution in [0.2, 0.25) is 0 Å². The van der Waals surface area contributed by atoms with Gasteiger partial charge in [-0.15, -0.1) is 0 Å². The van der Waals surface area contributed by atoms with Crippen molar-refractivity contribution in [1.29, 1.82) is 0 Å². The molecule has 38 heavy (non-hydrogen) atoms. The molecule has 11 nitrogen and oxygen atoms in total. The predicted octanol–water partition coefficient (Wildman–Crippen LogP) is 1.91. The summed E-state index contributed by atoms with van der Waals surface area (Å²) in [4.78, 5) is 32.9. The first kappa shape index (κ1) is 27.0. The molecule has 3 aromatic rings. The number of carboxylic acid groups (broad SMARTS) is 1. The van der Waals surface area contributed by atoms with Crippen LogP contribution in [-0.4, -0.2) is 103 Å². The fourth-order valence-electron chi connectivity index (χ4n) is 4.57. The second-order valence-corrected chi connectivity index (χ2v) is 8.82. The fourth-order valence-corrected chi connectivity index (χ4v) is 4.57. The van der Waals surface area contributed by atoms with Crippen LogP contribution < -0.4 is 18.9 Å². The number of methoxy groups -OCH3 is 3. The average molecular weight is 526 g/mol. The number of hydrogen-bond acceptors (Lipinski definition) is 9. The van der Waals surface area contributed by atoms with Gasteiger partial charge >= 0.3 is 5.97 Å². The highest BCUT2D eigenvalue weighted by Gasteiger charge is 2.37. The molecule has 2 atom stereocenters. The average Bonchev–Trinajstić information content (AvgIpc) is 2.94. The zero-order chi connectivity index (χ0) is 27.2. The smallest absolute Gasteiger partial charge is 0.327 e. The lowest BCUT2D eigenvalue weighted by Crippen LogP contribution is -2.59. The molecule has 0 saturated carbocycles. The predicted molar refractivity (Wildman–Crippen MR) is 138 cm³/mol. The molecule has 2 N–H and O–H groups in total. The van der Waals surface area contributed by atoms with Crippen LogP contribution in [0.5, 0.6) is 23.0 Å². The number of aliphatic hydroxyl groups is 1. The fraction of sp³-hybridized carbons (Fsp3) is 0.370. The van der Waals surface area contributed by atoms with Gasteiger partial charge in [0.25, 0.3) is 5.91 Å². The highest BCUT2D eigenvalue weighted by molar-refractivity contribution is 5.98. The number of carboxylic acids is 1. The standard InChI is InChI=1S/C27H31N3O8/c1-35-23-12-17(13-24(36-2)25(23)37-3)26(32)30-11-10-29(15-21(30)27(33)34)14-18(31)16-38-22-8-4-7-20-19(22)6-5-9-28-20/h4-9,12-13,18,21,31H,10-11,14-16H2,1-3H3,(H,33,34)/t18-,21?/m1/s1. The van der Waals surface area contributed by atoms with E-state index in [0.717, 1.165) is 10.9 Å². The molecule has 11 heteroatoms. The lowest BCUT2D eigenvalue weighted by atomic mass is 10.1. The number of fused-ring (bicyclic) bond motifs is 1. The van der Waals surface area contributed by atoms with E-state index < -0.39 is 24.0 Å². The topological polar surface area (TPSA) is 131 Å². The van der Waals surface area contributed by atoms with Gasteiger partial charge in [-0.1, -0.05) is 6.07 Å². The summed E-state index contributed by atoms with van der Waals surface area (Å²) < 4.78 is 21.8. The number of rotatable bonds is 10. The molecule has 1 aromatic heterocycles. The van der Waals surface area contributed by atoms with Crippen molar-refractivity contribution in [2.45, 2.75) is 12.1 Å². The van der Waals surface area contributed by atoms with E-state index in [1.54, 1.807) is 6.20 Å². The van der Waals surface area contributed by atoms with Crippen molar-refractivity contribution in [2.24, 2.45) is 0 Å². The summed E-state index contributed by atoms with van der Waals surface area (Å²) in [6, 6.07) is 11.1. The molecule has 0 radical (unpaired) electrons. The van der Waals surface area contributed by atoms with Crippen molar-refractivity contribution < 1.29 is 38.7 Å². The number of aliphatic hydroxyl groups excluding tert-OH is 1. The highest BCUT2D eigenvalue weighted by Crippen LogP contribution is 2.38. The van der Waals surface area contributed by atoms with Crippen molar-refractivity contribution in [3.05, 3.63) is 54.2 Å². The molecule has 202 valence electrons. The van der Waals surface area contributed by atoms with Gasteiger partial charge < -0.3 is 34.1 Å². The van der Waals surface area contributed by atoms with Crippen LogP contribution in [0.1, 0.15) is 10.4 Å². The monoisotopic (exact) mass is 525 g/mol. The molecule has 1 unspecified atom stereocenters. The Kier molecular flexibility index (Phi) is 8.49. The Bertz CT molecular complexity index is 1270. The van der Waals surface area contributed by atoms with Crippen LogP contribution in [0, 0.1) is 0 Å². The normalized spacial score (nSPS) is 16.6. The van der Waals surface area contributed by atoms with Gasteiger partial charge in [-0.25, -0.2) is 4.79 Å². The third-order valence-electron chi connectivity index (χ3n) is 6.43. The molecular weight excluding hydrogens is 494 g/mol. The minimum Gasteiger partial charge on any atom is -0.493 e. The lowest BCUT2D eigenvalue weighted by molar-refractivity contribution is -0.144. The Balaban J connectivity index is 1.41. The maximum absolute atomic E-state index is 13.4. The minimum absolute atomic E-state index is 0.0241. The Hall–Kier alpha value is -4.09. The SMILES string of the molecule is COc1cc(C(=O)N2CCN(C[C@@H](O)COc3cccc4ncccc34)CC2C(=O)O)cc(OC)c1OC. The number of aliphatic carboxylic acids is 1. The number of carbonyl (C=O) groups is 2. The van der Waals surface area contributed by atoms with E-state index in [4.69, 9.17) is 18.9 Å². The molecule has 2 heterocycles. The number of ether oxygens (including phenoxy) is 4. The molecule has 2 aromatic carbocycles. The second-order valence-electron chi connectivity index (χ2n) is 8.82. The number of amides is 1. The van der Waals surface area contributed by atoms with E-state index in [2.05, 4.69) is 4.98 Å². The molecule has 4 rings (SSSR count). The van der Waals surface area contributed by atoms with Crippen LogP contribution in [0.4, 0.5) is 0 Å². The number of benzene rings is 2. The van der Waals surface area contributed by atoms with E-state index >= 15 is 0 Å². The zero-order valence-corrected chi connectivity index (χ0v) is 21.5. The number of β-amino-alcohol motifs (C(OH)–C–C–N with tert-alkyl or cyclic N) is 1. The number of pyridine rings is 1. The summed E-state index contributed by atoms with van der Waals surface area (Å²) in [5.41, 5.74) is 1.01. The minimum atomic E-state index is -1.13. The largest absolute Gasteiger partial charge is 0.493 e. The second kappa shape index (κ2) is 12.0. The van der Waals surface area contributed by atoms with Crippen LogP contribution in [0.3, 0.4) is 0 Å². The Morgan fingerprint density at radius 1 is 1.03 bits per heavy atom. The molecule has 1 aliphatic heterocycles. The summed E-state index contributed by atoms with van der Waals surface area (Å²) in [6.45, 7) is 0.820. The number of piperazine rings is 1. The molecule has 1 aliphatic rings. The van der Waals surface area contributed by atoms with Gasteiger partial charge in [0.2, 0.25) is 5.75 Å². The highest BCUT2D eigenvalue weighted by atomic mass is 16.5. The van der Waals surface area contributed by atoms with Crippen molar-refractivity contribution in [3.63, 3.8) is 0 Å². The molecule has 1 amide bonds. The maximum atomic E-state index is 13.4. The van der Waals surface area contributed by atoms with E-state index in [9.17, 15) is 19.8 Å². The van der Waals surface area contributed by atoms with Crippen LogP contribution in [0.25, 0.3) is 10.9 Å².